The van der Waals surface area contributed by atoms with Crippen LogP contribution in [0.25, 0.3) is 11.3 Å². The maximum absolute atomic E-state index is 14.3. The number of halogens is 2. The third-order valence-electron chi connectivity index (χ3n) is 3.70. The Bertz CT molecular complexity index is 1050. The Morgan fingerprint density at radius 3 is 2.50 bits per heavy atom. The quantitative estimate of drug-likeness (QED) is 0.665. The molecular weight excluding hydrogens is 388 g/mol. The molecule has 9 heteroatoms. The maximum atomic E-state index is 14.3. The van der Waals surface area contributed by atoms with Crippen LogP contribution in [0.3, 0.4) is 0 Å². The first-order valence-corrected chi connectivity index (χ1v) is 8.93. The highest BCUT2D eigenvalue weighted by atomic mass is 32.1. The number of nitrogens with one attached hydrogen (secondary N) is 2. The lowest BCUT2D eigenvalue weighted by Crippen LogP contribution is -2.12. The van der Waals surface area contributed by atoms with Gasteiger partial charge in [-0.2, -0.15) is 0 Å². The summed E-state index contributed by atoms with van der Waals surface area (Å²) in [6, 6.07) is 8.06. The van der Waals surface area contributed by atoms with E-state index >= 15 is 0 Å². The number of methoxy groups -OCH3 is 1. The van der Waals surface area contributed by atoms with Crippen LogP contribution < -0.4 is 15.4 Å². The molecule has 0 fully saturated rings. The number of thiazole rings is 1. The normalized spacial score (nSPS) is 10.4. The van der Waals surface area contributed by atoms with Gasteiger partial charge < -0.3 is 10.1 Å². The fraction of sp³-hybridized carbons (Fsp3) is 0.105. The van der Waals surface area contributed by atoms with Crippen molar-refractivity contribution in [3.63, 3.8) is 0 Å². The topological polar surface area (TPSA) is 80.3 Å². The van der Waals surface area contributed by atoms with E-state index in [2.05, 4.69) is 15.6 Å². The standard InChI is InChI=1S/C19H15F2N3O3S/c1-10(25)22-12-4-5-13(14(20)8-12)16-9-28-19(23-16)24-18(26)11-3-6-17(27-2)15(21)7-11/h3-9H,1-2H3,(H,22,25)(H,23,24,26). The van der Waals surface area contributed by atoms with Crippen molar-refractivity contribution in [2.24, 2.45) is 0 Å². The number of ether oxygens (including phenoxy) is 1. The third-order valence-corrected chi connectivity index (χ3v) is 4.46. The first-order chi connectivity index (χ1) is 13.4. The summed E-state index contributed by atoms with van der Waals surface area (Å²) in [5, 5.41) is 6.87. The van der Waals surface area contributed by atoms with Crippen LogP contribution >= 0.6 is 11.3 Å². The molecule has 0 saturated carbocycles. The van der Waals surface area contributed by atoms with Crippen LogP contribution in [0.2, 0.25) is 0 Å². The molecule has 0 unspecified atom stereocenters. The van der Waals surface area contributed by atoms with Crippen molar-refractivity contribution in [1.82, 2.24) is 4.98 Å². The smallest absolute Gasteiger partial charge is 0.257 e. The highest BCUT2D eigenvalue weighted by Gasteiger charge is 2.14. The summed E-state index contributed by atoms with van der Waals surface area (Å²) in [5.41, 5.74) is 0.981. The zero-order valence-corrected chi connectivity index (χ0v) is 15.7. The zero-order valence-electron chi connectivity index (χ0n) is 14.9. The first-order valence-electron chi connectivity index (χ1n) is 8.05. The van der Waals surface area contributed by atoms with Gasteiger partial charge in [0.15, 0.2) is 16.7 Å². The van der Waals surface area contributed by atoms with E-state index in [1.54, 1.807) is 11.4 Å². The molecule has 0 bridgehead atoms. The lowest BCUT2D eigenvalue weighted by atomic mass is 10.1. The second-order valence-electron chi connectivity index (χ2n) is 5.72. The van der Waals surface area contributed by atoms with E-state index in [1.165, 1.54) is 38.3 Å². The van der Waals surface area contributed by atoms with Gasteiger partial charge in [-0.1, -0.05) is 0 Å². The van der Waals surface area contributed by atoms with E-state index in [1.807, 2.05) is 0 Å². The molecule has 0 saturated heterocycles. The van der Waals surface area contributed by atoms with Crippen molar-refractivity contribution in [1.29, 1.82) is 0 Å². The van der Waals surface area contributed by atoms with Gasteiger partial charge in [-0.3, -0.25) is 14.9 Å². The number of carbonyl (C=O) groups excluding carboxylic acids is 2. The van der Waals surface area contributed by atoms with Gasteiger partial charge in [0.25, 0.3) is 5.91 Å². The summed E-state index contributed by atoms with van der Waals surface area (Å²) < 4.78 is 32.9. The summed E-state index contributed by atoms with van der Waals surface area (Å²) in [6.07, 6.45) is 0. The number of carbonyl (C=O) groups is 2. The van der Waals surface area contributed by atoms with Crippen molar-refractivity contribution in [3.05, 3.63) is 59.0 Å². The predicted molar refractivity (Wildman–Crippen MR) is 103 cm³/mol. The molecule has 0 radical (unpaired) electrons. The molecule has 1 heterocycles. The van der Waals surface area contributed by atoms with Crippen LogP contribution in [0.4, 0.5) is 19.6 Å². The maximum Gasteiger partial charge on any atom is 0.257 e. The van der Waals surface area contributed by atoms with Crippen LogP contribution in [-0.2, 0) is 4.79 Å². The number of hydrogen-bond donors (Lipinski definition) is 2. The molecule has 3 aromatic rings. The number of hydrogen-bond acceptors (Lipinski definition) is 5. The number of aromatic nitrogens is 1. The number of anilines is 2. The summed E-state index contributed by atoms with van der Waals surface area (Å²) in [7, 11) is 1.33. The highest BCUT2D eigenvalue weighted by Crippen LogP contribution is 2.29. The Hall–Kier alpha value is -3.33. The lowest BCUT2D eigenvalue weighted by molar-refractivity contribution is -0.114. The number of nitrogens with zero attached hydrogens (tertiary/aromatic N) is 1. The fourth-order valence-electron chi connectivity index (χ4n) is 2.44. The zero-order chi connectivity index (χ0) is 20.3. The second kappa shape index (κ2) is 8.13. The van der Waals surface area contributed by atoms with E-state index in [-0.39, 0.29) is 27.9 Å². The minimum atomic E-state index is -0.656. The average molecular weight is 403 g/mol. The summed E-state index contributed by atoms with van der Waals surface area (Å²) in [4.78, 5) is 27.5. The molecule has 6 nitrogen and oxygen atoms in total. The Labute approximate surface area is 163 Å². The lowest BCUT2D eigenvalue weighted by Gasteiger charge is -2.05. The number of rotatable bonds is 5. The average Bonchev–Trinajstić information content (AvgIpc) is 3.09. The van der Waals surface area contributed by atoms with Crippen molar-refractivity contribution in [2.45, 2.75) is 6.92 Å². The molecule has 1 aromatic heterocycles. The van der Waals surface area contributed by atoms with Crippen LogP contribution in [-0.4, -0.2) is 23.9 Å². The molecule has 144 valence electrons. The van der Waals surface area contributed by atoms with E-state index in [0.717, 1.165) is 17.4 Å². The molecule has 2 N–H and O–H groups in total. The van der Waals surface area contributed by atoms with E-state index in [0.29, 0.717) is 11.4 Å². The van der Waals surface area contributed by atoms with Crippen molar-refractivity contribution < 1.29 is 23.1 Å². The Balaban J connectivity index is 1.76. The number of benzene rings is 2. The van der Waals surface area contributed by atoms with Crippen LogP contribution in [0.5, 0.6) is 5.75 Å². The van der Waals surface area contributed by atoms with Gasteiger partial charge in [0, 0.05) is 29.1 Å². The SMILES string of the molecule is COc1ccc(C(=O)Nc2nc(-c3ccc(NC(C)=O)cc3F)cs2)cc1F. The van der Waals surface area contributed by atoms with Gasteiger partial charge in [0.05, 0.1) is 12.8 Å². The Kier molecular flexibility index (Phi) is 5.65. The summed E-state index contributed by atoms with van der Waals surface area (Å²) in [5.74, 6) is -2.04. The molecule has 0 aliphatic heterocycles. The summed E-state index contributed by atoms with van der Waals surface area (Å²) in [6.45, 7) is 1.33. The fourth-order valence-corrected chi connectivity index (χ4v) is 3.14. The Morgan fingerprint density at radius 1 is 1.07 bits per heavy atom. The molecule has 0 aliphatic rings. The number of amides is 2. The van der Waals surface area contributed by atoms with Crippen molar-refractivity contribution in [3.8, 4) is 17.0 Å². The molecule has 2 aromatic carbocycles. The third kappa shape index (κ3) is 4.32. The molecule has 2 amide bonds. The monoisotopic (exact) mass is 403 g/mol. The molecule has 28 heavy (non-hydrogen) atoms. The summed E-state index contributed by atoms with van der Waals surface area (Å²) >= 11 is 1.10. The van der Waals surface area contributed by atoms with Gasteiger partial charge in [-0.25, -0.2) is 13.8 Å². The predicted octanol–water partition coefficient (Wildman–Crippen LogP) is 4.31. The van der Waals surface area contributed by atoms with Gasteiger partial charge >= 0.3 is 0 Å². The largest absolute Gasteiger partial charge is 0.494 e. The van der Waals surface area contributed by atoms with Crippen molar-refractivity contribution in [2.75, 3.05) is 17.7 Å². The first kappa shape index (κ1) is 19.4. The molecule has 3 rings (SSSR count). The second-order valence-corrected chi connectivity index (χ2v) is 6.58. The van der Waals surface area contributed by atoms with Crippen LogP contribution in [0.15, 0.2) is 41.8 Å². The highest BCUT2D eigenvalue weighted by molar-refractivity contribution is 7.14. The van der Waals surface area contributed by atoms with Crippen molar-refractivity contribution >= 4 is 34.0 Å². The van der Waals surface area contributed by atoms with Gasteiger partial charge in [0.2, 0.25) is 5.91 Å². The van der Waals surface area contributed by atoms with Crippen LogP contribution in [0.1, 0.15) is 17.3 Å². The molecular formula is C19H15F2N3O3S. The van der Waals surface area contributed by atoms with Gasteiger partial charge in [0.1, 0.15) is 5.82 Å². The minimum Gasteiger partial charge on any atom is -0.494 e. The van der Waals surface area contributed by atoms with E-state index in [9.17, 15) is 18.4 Å². The molecule has 0 aliphatic carbocycles. The van der Waals surface area contributed by atoms with E-state index < -0.39 is 17.5 Å². The minimum absolute atomic E-state index is 0.0336. The van der Waals surface area contributed by atoms with E-state index in [4.69, 9.17) is 4.74 Å². The van der Waals surface area contributed by atoms with Gasteiger partial charge in [-0.05, 0) is 36.4 Å². The molecule has 0 spiro atoms. The Morgan fingerprint density at radius 2 is 1.86 bits per heavy atom. The van der Waals surface area contributed by atoms with Gasteiger partial charge in [-0.15, -0.1) is 11.3 Å². The van der Waals surface area contributed by atoms with Crippen LogP contribution in [0, 0.1) is 11.6 Å². The molecule has 0 atom stereocenters.